The van der Waals surface area contributed by atoms with Crippen molar-refractivity contribution in [1.82, 2.24) is 9.13 Å². The highest BCUT2D eigenvalue weighted by molar-refractivity contribution is 9.10. The van der Waals surface area contributed by atoms with Gasteiger partial charge in [-0.15, -0.1) is 0 Å². The Balaban J connectivity index is 3.41. The fraction of sp³-hybridized carbons (Fsp3) is 0.286. The van der Waals surface area contributed by atoms with Gasteiger partial charge in [-0.25, -0.2) is 4.79 Å². The number of carboxylic acid groups (broad SMARTS) is 1. The van der Waals surface area contributed by atoms with Crippen LogP contribution in [0.4, 0.5) is 0 Å². The fourth-order valence-corrected chi connectivity index (χ4v) is 1.46. The minimum Gasteiger partial charge on any atom is -0.480 e. The van der Waals surface area contributed by atoms with Gasteiger partial charge in [-0.05, 0) is 15.9 Å². The minimum atomic E-state index is -1.14. The second kappa shape index (κ2) is 3.79. The van der Waals surface area contributed by atoms with E-state index in [0.717, 1.165) is 9.13 Å². The summed E-state index contributed by atoms with van der Waals surface area (Å²) in [5, 5.41) is 8.48. The average Bonchev–Trinajstić information content (AvgIpc) is 2.10. The van der Waals surface area contributed by atoms with Crippen LogP contribution in [0.1, 0.15) is 0 Å². The second-order valence-corrected chi connectivity index (χ2v) is 3.50. The van der Waals surface area contributed by atoms with Crippen LogP contribution in [0.15, 0.2) is 20.3 Å². The zero-order valence-corrected chi connectivity index (χ0v) is 8.81. The minimum absolute atomic E-state index is 0.154. The van der Waals surface area contributed by atoms with Gasteiger partial charge in [0.05, 0.1) is 4.47 Å². The van der Waals surface area contributed by atoms with Crippen LogP contribution in [0.25, 0.3) is 0 Å². The molecule has 0 saturated carbocycles. The van der Waals surface area contributed by atoms with E-state index >= 15 is 0 Å². The molecular weight excluding hydrogens is 256 g/mol. The summed E-state index contributed by atoms with van der Waals surface area (Å²) in [4.78, 5) is 32.9. The van der Waals surface area contributed by atoms with Gasteiger partial charge in [-0.3, -0.25) is 18.7 Å². The van der Waals surface area contributed by atoms with Gasteiger partial charge in [0.2, 0.25) is 0 Å². The molecule has 0 bridgehead atoms. The molecule has 0 saturated heterocycles. The van der Waals surface area contributed by atoms with Crippen molar-refractivity contribution < 1.29 is 9.90 Å². The maximum absolute atomic E-state index is 11.3. The Morgan fingerprint density at radius 2 is 2.14 bits per heavy atom. The Bertz CT molecular complexity index is 487. The van der Waals surface area contributed by atoms with Gasteiger partial charge >= 0.3 is 11.7 Å². The second-order valence-electron chi connectivity index (χ2n) is 2.65. The summed E-state index contributed by atoms with van der Waals surface area (Å²) in [7, 11) is 1.29. The molecule has 1 N–H and O–H groups in total. The van der Waals surface area contributed by atoms with Crippen LogP contribution in [0.5, 0.6) is 0 Å². The van der Waals surface area contributed by atoms with E-state index < -0.39 is 23.8 Å². The summed E-state index contributed by atoms with van der Waals surface area (Å²) >= 11 is 2.93. The van der Waals surface area contributed by atoms with Gasteiger partial charge in [-0.2, -0.15) is 0 Å². The van der Waals surface area contributed by atoms with E-state index in [1.807, 2.05) is 0 Å². The van der Waals surface area contributed by atoms with Crippen LogP contribution in [0, 0.1) is 0 Å². The first-order chi connectivity index (χ1) is 6.43. The van der Waals surface area contributed by atoms with Crippen LogP contribution < -0.4 is 11.2 Å². The first kappa shape index (κ1) is 10.7. The lowest BCUT2D eigenvalue weighted by atomic mass is 10.5. The molecule has 1 rings (SSSR count). The molecule has 0 radical (unpaired) electrons. The standard InChI is InChI=1S/C7H7BrN2O4/c1-9-6(13)4(8)2-10(7(9)14)3-5(11)12/h2H,3H2,1H3,(H,11,12). The van der Waals surface area contributed by atoms with E-state index in [2.05, 4.69) is 15.9 Å². The van der Waals surface area contributed by atoms with Crippen molar-refractivity contribution in [2.45, 2.75) is 6.54 Å². The molecule has 0 aromatic carbocycles. The molecule has 0 unspecified atom stereocenters. The molecule has 0 amide bonds. The number of carbonyl (C=O) groups is 1. The number of aromatic nitrogens is 2. The third kappa shape index (κ3) is 1.92. The highest BCUT2D eigenvalue weighted by Crippen LogP contribution is 1.98. The molecule has 7 heteroatoms. The molecule has 76 valence electrons. The zero-order valence-electron chi connectivity index (χ0n) is 7.23. The molecule has 0 aliphatic carbocycles. The summed E-state index contributed by atoms with van der Waals surface area (Å²) in [5.74, 6) is -1.14. The van der Waals surface area contributed by atoms with Gasteiger partial charge in [0.15, 0.2) is 0 Å². The lowest BCUT2D eigenvalue weighted by Gasteiger charge is -2.04. The van der Waals surface area contributed by atoms with Gasteiger partial charge < -0.3 is 5.11 Å². The van der Waals surface area contributed by atoms with Gasteiger partial charge in [0.25, 0.3) is 5.56 Å². The lowest BCUT2D eigenvalue weighted by Crippen LogP contribution is -2.39. The molecule has 1 aromatic rings. The highest BCUT2D eigenvalue weighted by Gasteiger charge is 2.08. The first-order valence-corrected chi connectivity index (χ1v) is 4.40. The normalized spacial score (nSPS) is 10.1. The average molecular weight is 263 g/mol. The maximum Gasteiger partial charge on any atom is 0.331 e. The van der Waals surface area contributed by atoms with E-state index in [9.17, 15) is 14.4 Å². The first-order valence-electron chi connectivity index (χ1n) is 3.61. The Morgan fingerprint density at radius 3 is 2.64 bits per heavy atom. The molecular formula is C7H7BrN2O4. The van der Waals surface area contributed by atoms with Crippen LogP contribution in [0.2, 0.25) is 0 Å². The molecule has 6 nitrogen and oxygen atoms in total. The van der Waals surface area contributed by atoms with Crippen molar-refractivity contribution in [3.05, 3.63) is 31.5 Å². The quantitative estimate of drug-likeness (QED) is 0.772. The predicted octanol–water partition coefficient (Wildman–Crippen LogP) is -0.606. The number of halogens is 1. The van der Waals surface area contributed by atoms with Crippen LogP contribution in [-0.2, 0) is 18.4 Å². The molecule has 0 aliphatic rings. The van der Waals surface area contributed by atoms with Crippen molar-refractivity contribution in [3.63, 3.8) is 0 Å². The summed E-state index contributed by atoms with van der Waals surface area (Å²) in [5.41, 5.74) is -1.14. The van der Waals surface area contributed by atoms with E-state index in [1.165, 1.54) is 13.2 Å². The van der Waals surface area contributed by atoms with E-state index in [-0.39, 0.29) is 4.47 Å². The fourth-order valence-electron chi connectivity index (χ4n) is 0.946. The number of hydrogen-bond donors (Lipinski definition) is 1. The van der Waals surface area contributed by atoms with Crippen molar-refractivity contribution >= 4 is 21.9 Å². The Labute approximate surface area is 86.5 Å². The van der Waals surface area contributed by atoms with Crippen molar-refractivity contribution in [3.8, 4) is 0 Å². The van der Waals surface area contributed by atoms with E-state index in [1.54, 1.807) is 0 Å². The third-order valence-electron chi connectivity index (χ3n) is 1.62. The van der Waals surface area contributed by atoms with Crippen LogP contribution in [0.3, 0.4) is 0 Å². The van der Waals surface area contributed by atoms with Crippen molar-refractivity contribution in [1.29, 1.82) is 0 Å². The lowest BCUT2D eigenvalue weighted by molar-refractivity contribution is -0.137. The van der Waals surface area contributed by atoms with E-state index in [4.69, 9.17) is 5.11 Å². The Kier molecular flexibility index (Phi) is 2.90. The predicted molar refractivity (Wildman–Crippen MR) is 51.3 cm³/mol. The summed E-state index contributed by atoms with van der Waals surface area (Å²) in [6, 6.07) is 0. The summed E-state index contributed by atoms with van der Waals surface area (Å²) in [6.45, 7) is -0.467. The number of carboxylic acids is 1. The topological polar surface area (TPSA) is 81.3 Å². The monoisotopic (exact) mass is 262 g/mol. The largest absolute Gasteiger partial charge is 0.480 e. The van der Waals surface area contributed by atoms with Gasteiger partial charge in [-0.1, -0.05) is 0 Å². The van der Waals surface area contributed by atoms with Gasteiger partial charge in [0, 0.05) is 13.2 Å². The van der Waals surface area contributed by atoms with Gasteiger partial charge in [0.1, 0.15) is 6.54 Å². The van der Waals surface area contributed by atoms with Crippen LogP contribution in [-0.4, -0.2) is 20.2 Å². The number of rotatable bonds is 2. The van der Waals surface area contributed by atoms with Crippen LogP contribution >= 0.6 is 15.9 Å². The zero-order chi connectivity index (χ0) is 10.9. The highest BCUT2D eigenvalue weighted by atomic mass is 79.9. The summed E-state index contributed by atoms with van der Waals surface area (Å²) in [6.07, 6.45) is 1.17. The molecule has 1 heterocycles. The Morgan fingerprint density at radius 1 is 1.57 bits per heavy atom. The maximum atomic E-state index is 11.3. The third-order valence-corrected chi connectivity index (χ3v) is 2.16. The molecule has 1 aromatic heterocycles. The molecule has 0 aliphatic heterocycles. The molecule has 14 heavy (non-hydrogen) atoms. The number of hydrogen-bond acceptors (Lipinski definition) is 3. The van der Waals surface area contributed by atoms with Crippen molar-refractivity contribution in [2.75, 3.05) is 0 Å². The van der Waals surface area contributed by atoms with Crippen molar-refractivity contribution in [2.24, 2.45) is 7.05 Å². The molecule has 0 atom stereocenters. The molecule has 0 spiro atoms. The molecule has 0 fully saturated rings. The Hall–Kier alpha value is -1.37. The number of aliphatic carboxylic acids is 1. The number of nitrogens with zero attached hydrogens (tertiary/aromatic N) is 2. The summed E-state index contributed by atoms with van der Waals surface area (Å²) < 4.78 is 1.93. The SMILES string of the molecule is Cn1c(=O)c(Br)cn(CC(=O)O)c1=O. The smallest absolute Gasteiger partial charge is 0.331 e. The van der Waals surface area contributed by atoms with E-state index in [0.29, 0.717) is 0 Å².